The smallest absolute Gasteiger partial charge is 0.328 e. The van der Waals surface area contributed by atoms with E-state index in [9.17, 15) is 9.59 Å². The van der Waals surface area contributed by atoms with Gasteiger partial charge in [-0.25, -0.2) is 9.59 Å². The molecule has 0 aliphatic carbocycles. The second-order valence-corrected chi connectivity index (χ2v) is 5.47. The predicted molar refractivity (Wildman–Crippen MR) is 94.1 cm³/mol. The van der Waals surface area contributed by atoms with Gasteiger partial charge in [0.25, 0.3) is 0 Å². The van der Waals surface area contributed by atoms with Crippen LogP contribution in [0.15, 0.2) is 30.6 Å². The van der Waals surface area contributed by atoms with Gasteiger partial charge in [0.2, 0.25) is 0 Å². The number of carboxylic acid groups (broad SMARTS) is 2. The van der Waals surface area contributed by atoms with E-state index in [1.54, 1.807) is 6.20 Å². The van der Waals surface area contributed by atoms with Crippen molar-refractivity contribution in [2.24, 2.45) is 0 Å². The van der Waals surface area contributed by atoms with E-state index in [0.717, 1.165) is 25.4 Å². The first kappa shape index (κ1) is 20.4. The number of hydrogen-bond donors (Lipinski definition) is 2. The van der Waals surface area contributed by atoms with Gasteiger partial charge in [-0.2, -0.15) is 0 Å². The minimum atomic E-state index is -1.26. The number of rotatable bonds is 5. The van der Waals surface area contributed by atoms with Crippen LogP contribution in [0, 0.1) is 0 Å². The SMILES string of the molecule is CCOc1cncc(N2CCCN(C)CC2)c1.O=C(O)/C=C/C(=O)O. The lowest BCUT2D eigenvalue weighted by Crippen LogP contribution is -2.28. The van der Waals surface area contributed by atoms with Gasteiger partial charge < -0.3 is 24.7 Å². The topological polar surface area (TPSA) is 103 Å². The standard InChI is InChI=1S/C13H21N3O.C4H4O4/c1-3-17-13-9-12(10-14-11-13)16-6-4-5-15(2)7-8-16;5-3(6)1-2-4(7)8/h9-11H,3-8H2,1-2H3;1-2H,(H,5,6)(H,7,8)/b;2-1+. The summed E-state index contributed by atoms with van der Waals surface area (Å²) in [6, 6.07) is 2.09. The van der Waals surface area contributed by atoms with E-state index in [0.29, 0.717) is 18.8 Å². The van der Waals surface area contributed by atoms with Crippen LogP contribution in [-0.2, 0) is 9.59 Å². The number of anilines is 1. The maximum absolute atomic E-state index is 9.55. The number of aliphatic carboxylic acids is 2. The Balaban J connectivity index is 0.000000333. The number of nitrogens with zero attached hydrogens (tertiary/aromatic N) is 3. The van der Waals surface area contributed by atoms with E-state index in [2.05, 4.69) is 27.9 Å². The highest BCUT2D eigenvalue weighted by atomic mass is 16.5. The number of likely N-dealkylation sites (N-methyl/N-ethyl adjacent to an activating group) is 1. The molecule has 1 fully saturated rings. The Morgan fingerprint density at radius 3 is 2.44 bits per heavy atom. The average molecular weight is 351 g/mol. The van der Waals surface area contributed by atoms with Crippen molar-refractivity contribution in [1.82, 2.24) is 9.88 Å². The van der Waals surface area contributed by atoms with Crippen LogP contribution < -0.4 is 9.64 Å². The lowest BCUT2D eigenvalue weighted by Gasteiger charge is -2.22. The Hall–Kier alpha value is -2.61. The number of aromatic nitrogens is 1. The first-order valence-corrected chi connectivity index (χ1v) is 8.07. The number of pyridine rings is 1. The molecule has 138 valence electrons. The molecule has 0 amide bonds. The van der Waals surface area contributed by atoms with Crippen molar-refractivity contribution in [3.8, 4) is 5.75 Å². The van der Waals surface area contributed by atoms with E-state index in [1.807, 2.05) is 13.1 Å². The molecule has 1 saturated heterocycles. The Morgan fingerprint density at radius 2 is 1.84 bits per heavy atom. The molecule has 1 aliphatic heterocycles. The minimum Gasteiger partial charge on any atom is -0.492 e. The second-order valence-electron chi connectivity index (χ2n) is 5.47. The van der Waals surface area contributed by atoms with Crippen LogP contribution in [0.4, 0.5) is 5.69 Å². The fourth-order valence-corrected chi connectivity index (χ4v) is 2.27. The molecular weight excluding hydrogens is 326 g/mol. The molecule has 1 aromatic heterocycles. The molecule has 0 spiro atoms. The molecule has 2 rings (SSSR count). The molecule has 0 bridgehead atoms. The van der Waals surface area contributed by atoms with E-state index in [4.69, 9.17) is 14.9 Å². The highest BCUT2D eigenvalue weighted by Gasteiger charge is 2.13. The van der Waals surface area contributed by atoms with Gasteiger partial charge >= 0.3 is 11.9 Å². The van der Waals surface area contributed by atoms with Crippen LogP contribution in [0.1, 0.15) is 13.3 Å². The summed E-state index contributed by atoms with van der Waals surface area (Å²) in [5, 5.41) is 15.6. The van der Waals surface area contributed by atoms with Crippen LogP contribution in [0.25, 0.3) is 0 Å². The van der Waals surface area contributed by atoms with Crippen LogP contribution in [0.3, 0.4) is 0 Å². The Bertz CT molecular complexity index is 575. The maximum Gasteiger partial charge on any atom is 0.328 e. The molecule has 1 aliphatic rings. The molecule has 0 aromatic carbocycles. The van der Waals surface area contributed by atoms with E-state index in [1.165, 1.54) is 18.7 Å². The van der Waals surface area contributed by atoms with Crippen LogP contribution in [-0.4, -0.2) is 71.9 Å². The van der Waals surface area contributed by atoms with Gasteiger partial charge in [-0.15, -0.1) is 0 Å². The van der Waals surface area contributed by atoms with Crippen molar-refractivity contribution in [2.75, 3.05) is 44.7 Å². The third-order valence-corrected chi connectivity index (χ3v) is 3.46. The largest absolute Gasteiger partial charge is 0.492 e. The van der Waals surface area contributed by atoms with Crippen molar-refractivity contribution in [3.05, 3.63) is 30.6 Å². The summed E-state index contributed by atoms with van der Waals surface area (Å²) in [6.07, 6.45) is 6.02. The molecule has 8 heteroatoms. The van der Waals surface area contributed by atoms with Crippen molar-refractivity contribution in [1.29, 1.82) is 0 Å². The fraction of sp³-hybridized carbons (Fsp3) is 0.471. The van der Waals surface area contributed by atoms with Crippen molar-refractivity contribution in [3.63, 3.8) is 0 Å². The van der Waals surface area contributed by atoms with Crippen molar-refractivity contribution in [2.45, 2.75) is 13.3 Å². The number of ether oxygens (including phenoxy) is 1. The molecule has 8 nitrogen and oxygen atoms in total. The lowest BCUT2D eigenvalue weighted by molar-refractivity contribution is -0.134. The van der Waals surface area contributed by atoms with E-state index in [-0.39, 0.29) is 0 Å². The molecular formula is C17H25N3O5. The molecule has 0 unspecified atom stereocenters. The maximum atomic E-state index is 9.55. The summed E-state index contributed by atoms with van der Waals surface area (Å²) in [5.74, 6) is -1.65. The van der Waals surface area contributed by atoms with Gasteiger partial charge in [0.15, 0.2) is 0 Å². The van der Waals surface area contributed by atoms with Crippen LogP contribution >= 0.6 is 0 Å². The molecule has 25 heavy (non-hydrogen) atoms. The monoisotopic (exact) mass is 351 g/mol. The normalized spacial score (nSPS) is 15.2. The third kappa shape index (κ3) is 8.71. The van der Waals surface area contributed by atoms with Crippen molar-refractivity contribution >= 4 is 17.6 Å². The predicted octanol–water partition coefficient (Wildman–Crippen LogP) is 1.33. The highest BCUT2D eigenvalue weighted by molar-refractivity contribution is 5.89. The van der Waals surface area contributed by atoms with Crippen molar-refractivity contribution < 1.29 is 24.5 Å². The molecule has 1 aromatic rings. The van der Waals surface area contributed by atoms with Gasteiger partial charge in [-0.3, -0.25) is 4.98 Å². The van der Waals surface area contributed by atoms with Gasteiger partial charge in [0, 0.05) is 37.9 Å². The minimum absolute atomic E-state index is 0.558. The van der Waals surface area contributed by atoms with Crippen LogP contribution in [0.5, 0.6) is 5.75 Å². The number of hydrogen-bond acceptors (Lipinski definition) is 6. The summed E-state index contributed by atoms with van der Waals surface area (Å²) < 4.78 is 5.49. The van der Waals surface area contributed by atoms with E-state index < -0.39 is 11.9 Å². The Morgan fingerprint density at radius 1 is 1.16 bits per heavy atom. The summed E-state index contributed by atoms with van der Waals surface area (Å²) >= 11 is 0. The zero-order chi connectivity index (χ0) is 18.7. The highest BCUT2D eigenvalue weighted by Crippen LogP contribution is 2.20. The second kappa shape index (κ2) is 11.0. The first-order chi connectivity index (χ1) is 11.9. The summed E-state index contributed by atoms with van der Waals surface area (Å²) in [5.41, 5.74) is 1.17. The average Bonchev–Trinajstić information content (AvgIpc) is 2.79. The molecule has 0 atom stereocenters. The summed E-state index contributed by atoms with van der Waals surface area (Å²) in [7, 11) is 2.18. The fourth-order valence-electron chi connectivity index (χ4n) is 2.27. The Labute approximate surface area is 147 Å². The van der Waals surface area contributed by atoms with Crippen LogP contribution in [0.2, 0.25) is 0 Å². The zero-order valence-electron chi connectivity index (χ0n) is 14.6. The molecule has 2 N–H and O–H groups in total. The zero-order valence-corrected chi connectivity index (χ0v) is 14.6. The first-order valence-electron chi connectivity index (χ1n) is 8.07. The van der Waals surface area contributed by atoms with Gasteiger partial charge in [0.1, 0.15) is 5.75 Å². The Kier molecular flexibility index (Phi) is 9.02. The third-order valence-electron chi connectivity index (χ3n) is 3.46. The summed E-state index contributed by atoms with van der Waals surface area (Å²) in [6.45, 7) is 7.13. The van der Waals surface area contributed by atoms with E-state index >= 15 is 0 Å². The molecule has 0 radical (unpaired) electrons. The van der Waals surface area contributed by atoms with Gasteiger partial charge in [-0.1, -0.05) is 0 Å². The summed E-state index contributed by atoms with van der Waals surface area (Å²) in [4.78, 5) is 28.1. The van der Waals surface area contributed by atoms with Gasteiger partial charge in [0.05, 0.1) is 24.7 Å². The molecule has 0 saturated carbocycles. The molecule has 2 heterocycles. The number of carbonyl (C=O) groups is 2. The van der Waals surface area contributed by atoms with Gasteiger partial charge in [-0.05, 0) is 26.9 Å². The number of carboxylic acids is 2. The lowest BCUT2D eigenvalue weighted by atomic mass is 10.3. The quantitative estimate of drug-likeness (QED) is 0.766.